The van der Waals surface area contributed by atoms with Crippen molar-refractivity contribution in [3.8, 4) is 11.5 Å². The summed E-state index contributed by atoms with van der Waals surface area (Å²) >= 11 is 0. The maximum atomic E-state index is 6.01. The second-order valence-corrected chi connectivity index (χ2v) is 7.18. The van der Waals surface area contributed by atoms with E-state index in [4.69, 9.17) is 9.47 Å². The van der Waals surface area contributed by atoms with Gasteiger partial charge in [-0.25, -0.2) is 0 Å². The smallest absolute Gasteiger partial charge is 0.124 e. The Bertz CT molecular complexity index is 638. The molecule has 0 heterocycles. The van der Waals surface area contributed by atoms with Gasteiger partial charge in [-0.15, -0.1) is 0 Å². The molecule has 3 heteroatoms. The molecule has 1 saturated carbocycles. The van der Waals surface area contributed by atoms with E-state index >= 15 is 0 Å². The maximum Gasteiger partial charge on any atom is 0.124 e. The summed E-state index contributed by atoms with van der Waals surface area (Å²) < 4.78 is 11.7. The third-order valence-corrected chi connectivity index (χ3v) is 5.18. The van der Waals surface area contributed by atoms with Crippen molar-refractivity contribution in [1.82, 2.24) is 5.32 Å². The molecule has 2 aromatic rings. The first-order valence-electron chi connectivity index (χ1n) is 9.96. The Morgan fingerprint density at radius 1 is 0.885 bits per heavy atom. The molecule has 0 spiro atoms. The second kappa shape index (κ2) is 10.2. The highest BCUT2D eigenvalue weighted by Crippen LogP contribution is 2.27. The van der Waals surface area contributed by atoms with Gasteiger partial charge in [0.05, 0.1) is 0 Å². The average Bonchev–Trinajstić information content (AvgIpc) is 2.71. The van der Waals surface area contributed by atoms with E-state index in [2.05, 4.69) is 30.4 Å². The zero-order valence-electron chi connectivity index (χ0n) is 15.8. The molecule has 1 fully saturated rings. The van der Waals surface area contributed by atoms with Crippen LogP contribution in [0, 0.1) is 5.92 Å². The van der Waals surface area contributed by atoms with Crippen LogP contribution in [0.2, 0.25) is 0 Å². The quantitative estimate of drug-likeness (QED) is 0.614. The van der Waals surface area contributed by atoms with Crippen LogP contribution >= 0.6 is 0 Å². The van der Waals surface area contributed by atoms with Crippen LogP contribution in [0.15, 0.2) is 54.6 Å². The molecule has 0 bridgehead atoms. The van der Waals surface area contributed by atoms with Crippen LogP contribution in [-0.2, 0) is 0 Å². The number of ether oxygens (including phenoxy) is 2. The van der Waals surface area contributed by atoms with Crippen LogP contribution < -0.4 is 14.8 Å². The Hall–Kier alpha value is -2.00. The summed E-state index contributed by atoms with van der Waals surface area (Å²) in [4.78, 5) is 0. The van der Waals surface area contributed by atoms with Gasteiger partial charge in [0.25, 0.3) is 0 Å². The van der Waals surface area contributed by atoms with Crippen LogP contribution in [0.25, 0.3) is 0 Å². The first-order chi connectivity index (χ1) is 12.8. The zero-order chi connectivity index (χ0) is 18.0. The molecule has 0 radical (unpaired) electrons. The zero-order valence-corrected chi connectivity index (χ0v) is 15.8. The monoisotopic (exact) mass is 353 g/mol. The standard InChI is InChI=1S/C23H31NO2/c1-19(24-18-20-10-4-2-5-11-20)22-14-8-9-15-23(22)26-17-16-25-21-12-6-3-7-13-21/h3,6-9,12-15,19-20,24H,2,4-5,10-11,16-18H2,1H3. The van der Waals surface area contributed by atoms with Crippen LogP contribution in [0.4, 0.5) is 0 Å². The molecular formula is C23H31NO2. The molecule has 26 heavy (non-hydrogen) atoms. The number of hydrogen-bond donors (Lipinski definition) is 1. The van der Waals surface area contributed by atoms with Gasteiger partial charge < -0.3 is 14.8 Å². The van der Waals surface area contributed by atoms with Crippen molar-refractivity contribution in [2.24, 2.45) is 5.92 Å². The molecule has 3 nitrogen and oxygen atoms in total. The summed E-state index contributed by atoms with van der Waals surface area (Å²) in [7, 11) is 0. The van der Waals surface area contributed by atoms with Crippen molar-refractivity contribution in [1.29, 1.82) is 0 Å². The molecule has 140 valence electrons. The molecule has 3 rings (SSSR count). The molecule has 0 amide bonds. The molecule has 2 aromatic carbocycles. The summed E-state index contributed by atoms with van der Waals surface area (Å²) in [6.45, 7) is 4.42. The predicted octanol–water partition coefficient (Wildman–Crippen LogP) is 5.38. The minimum atomic E-state index is 0.295. The number of benzene rings is 2. The summed E-state index contributed by atoms with van der Waals surface area (Å²) in [6, 6.07) is 18.5. The third-order valence-electron chi connectivity index (χ3n) is 5.18. The van der Waals surface area contributed by atoms with Gasteiger partial charge in [-0.1, -0.05) is 55.7 Å². The average molecular weight is 354 g/mol. The van der Waals surface area contributed by atoms with E-state index in [1.807, 2.05) is 36.4 Å². The number of nitrogens with one attached hydrogen (secondary N) is 1. The predicted molar refractivity (Wildman–Crippen MR) is 107 cm³/mol. The van der Waals surface area contributed by atoms with Crippen LogP contribution in [0.1, 0.15) is 50.6 Å². The summed E-state index contributed by atoms with van der Waals surface area (Å²) in [6.07, 6.45) is 6.93. The van der Waals surface area contributed by atoms with Crippen molar-refractivity contribution in [3.05, 3.63) is 60.2 Å². The second-order valence-electron chi connectivity index (χ2n) is 7.18. The van der Waals surface area contributed by atoms with Gasteiger partial charge >= 0.3 is 0 Å². The molecule has 0 saturated heterocycles. The lowest BCUT2D eigenvalue weighted by atomic mass is 9.89. The maximum absolute atomic E-state index is 6.01. The Labute approximate surface area is 157 Å². The third kappa shape index (κ3) is 5.77. The Morgan fingerprint density at radius 2 is 1.58 bits per heavy atom. The van der Waals surface area contributed by atoms with Gasteiger partial charge in [0.1, 0.15) is 24.7 Å². The molecule has 1 aliphatic rings. The van der Waals surface area contributed by atoms with Crippen LogP contribution in [0.3, 0.4) is 0 Å². The topological polar surface area (TPSA) is 30.5 Å². The van der Waals surface area contributed by atoms with Crippen molar-refractivity contribution in [2.75, 3.05) is 19.8 Å². The number of para-hydroxylation sites is 2. The Morgan fingerprint density at radius 3 is 2.38 bits per heavy atom. The number of hydrogen-bond acceptors (Lipinski definition) is 3. The fourth-order valence-corrected chi connectivity index (χ4v) is 3.64. The highest BCUT2D eigenvalue weighted by molar-refractivity contribution is 5.35. The summed E-state index contributed by atoms with van der Waals surface area (Å²) in [5, 5.41) is 3.71. The highest BCUT2D eigenvalue weighted by Gasteiger charge is 2.16. The molecule has 1 aliphatic carbocycles. The molecule has 1 unspecified atom stereocenters. The normalized spacial score (nSPS) is 16.2. The minimum absolute atomic E-state index is 0.295. The van der Waals surface area contributed by atoms with Crippen molar-refractivity contribution in [2.45, 2.75) is 45.1 Å². The Balaban J connectivity index is 1.47. The summed E-state index contributed by atoms with van der Waals surface area (Å²) in [5.74, 6) is 2.67. The van der Waals surface area contributed by atoms with Gasteiger partial charge in [0.15, 0.2) is 0 Å². The van der Waals surface area contributed by atoms with E-state index in [9.17, 15) is 0 Å². The summed E-state index contributed by atoms with van der Waals surface area (Å²) in [5.41, 5.74) is 1.23. The van der Waals surface area contributed by atoms with Gasteiger partial charge in [0.2, 0.25) is 0 Å². The largest absolute Gasteiger partial charge is 0.490 e. The van der Waals surface area contributed by atoms with E-state index in [1.54, 1.807) is 0 Å². The highest BCUT2D eigenvalue weighted by atomic mass is 16.5. The van der Waals surface area contributed by atoms with Crippen LogP contribution in [-0.4, -0.2) is 19.8 Å². The van der Waals surface area contributed by atoms with Crippen LogP contribution in [0.5, 0.6) is 11.5 Å². The molecule has 0 aromatic heterocycles. The lowest BCUT2D eigenvalue weighted by Crippen LogP contribution is -2.27. The van der Waals surface area contributed by atoms with Crippen molar-refractivity contribution in [3.63, 3.8) is 0 Å². The van der Waals surface area contributed by atoms with Gasteiger partial charge in [-0.2, -0.15) is 0 Å². The minimum Gasteiger partial charge on any atom is -0.490 e. The van der Waals surface area contributed by atoms with Gasteiger partial charge in [0, 0.05) is 11.6 Å². The lowest BCUT2D eigenvalue weighted by Gasteiger charge is -2.25. The first kappa shape index (κ1) is 18.8. The van der Waals surface area contributed by atoms with Gasteiger partial charge in [-0.05, 0) is 50.4 Å². The molecule has 1 atom stereocenters. The van der Waals surface area contributed by atoms with E-state index in [-0.39, 0.29) is 0 Å². The van der Waals surface area contributed by atoms with Gasteiger partial charge in [-0.3, -0.25) is 0 Å². The van der Waals surface area contributed by atoms with E-state index < -0.39 is 0 Å². The van der Waals surface area contributed by atoms with E-state index in [0.29, 0.717) is 19.3 Å². The van der Waals surface area contributed by atoms with Crippen molar-refractivity contribution >= 4 is 0 Å². The Kier molecular flexibility index (Phi) is 7.38. The molecule has 1 N–H and O–H groups in total. The SMILES string of the molecule is CC(NCC1CCCCC1)c1ccccc1OCCOc1ccccc1. The fourth-order valence-electron chi connectivity index (χ4n) is 3.64. The number of rotatable bonds is 9. The van der Waals surface area contributed by atoms with Crippen molar-refractivity contribution < 1.29 is 9.47 Å². The lowest BCUT2D eigenvalue weighted by molar-refractivity contribution is 0.214. The fraction of sp³-hybridized carbons (Fsp3) is 0.478. The molecule has 0 aliphatic heterocycles. The molecular weight excluding hydrogens is 322 g/mol. The first-order valence-corrected chi connectivity index (χ1v) is 9.96. The van der Waals surface area contributed by atoms with E-state index in [1.165, 1.54) is 37.7 Å². The van der Waals surface area contributed by atoms with E-state index in [0.717, 1.165) is 24.0 Å².